The Morgan fingerprint density at radius 2 is 0.531 bits per heavy atom. The molecule has 98 heavy (non-hydrogen) atoms. The van der Waals surface area contributed by atoms with E-state index in [0.29, 0.717) is 25.7 Å². The van der Waals surface area contributed by atoms with Gasteiger partial charge in [-0.3, -0.25) is 37.3 Å². The molecule has 0 amide bonds. The summed E-state index contributed by atoms with van der Waals surface area (Å²) in [6.45, 7) is 4.81. The largest absolute Gasteiger partial charge is 0.472 e. The van der Waals surface area contributed by atoms with E-state index in [9.17, 15) is 43.2 Å². The molecule has 0 radical (unpaired) electrons. The molecule has 0 aliphatic carbocycles. The molecule has 5 atom stereocenters. The average molecular weight is 1430 g/mol. The minimum absolute atomic E-state index is 0.0778. The summed E-state index contributed by atoms with van der Waals surface area (Å²) in [4.78, 5) is 72.9. The molecule has 570 valence electrons. The number of aliphatic hydroxyl groups is 1. The first kappa shape index (κ1) is 94.5. The highest BCUT2D eigenvalue weighted by molar-refractivity contribution is 7.47. The van der Waals surface area contributed by atoms with Crippen LogP contribution in [0.15, 0.2) is 72.9 Å². The predicted octanol–water partition coefficient (Wildman–Crippen LogP) is 22.4. The number of carbonyl (C=O) groups is 4. The van der Waals surface area contributed by atoms with Crippen molar-refractivity contribution in [1.29, 1.82) is 0 Å². The maximum absolute atomic E-state index is 13.1. The molecule has 0 aromatic rings. The zero-order chi connectivity index (χ0) is 71.8. The number of phosphoric acid groups is 2. The minimum atomic E-state index is -4.98. The quantitative estimate of drug-likeness (QED) is 0.0128. The van der Waals surface area contributed by atoms with Crippen LogP contribution < -0.4 is 0 Å². The number of carbonyl (C=O) groups excluding carboxylic acids is 4. The van der Waals surface area contributed by atoms with Gasteiger partial charge in [0.2, 0.25) is 0 Å². The molecule has 2 unspecified atom stereocenters. The molecule has 0 saturated heterocycles. The third-order valence-electron chi connectivity index (χ3n) is 16.7. The van der Waals surface area contributed by atoms with Crippen molar-refractivity contribution in [3.8, 4) is 0 Å². The zero-order valence-corrected chi connectivity index (χ0v) is 64.0. The Morgan fingerprint density at radius 1 is 0.296 bits per heavy atom. The van der Waals surface area contributed by atoms with Crippen molar-refractivity contribution in [1.82, 2.24) is 0 Å². The predicted molar refractivity (Wildman–Crippen MR) is 400 cm³/mol. The molecule has 0 aromatic carbocycles. The van der Waals surface area contributed by atoms with Crippen LogP contribution in [-0.4, -0.2) is 96.7 Å². The van der Waals surface area contributed by atoms with Crippen LogP contribution in [0.25, 0.3) is 0 Å². The van der Waals surface area contributed by atoms with Gasteiger partial charge in [0.05, 0.1) is 26.4 Å². The summed E-state index contributed by atoms with van der Waals surface area (Å²) in [5.74, 6) is -2.20. The SMILES string of the molecule is CCCCC/C=C\C/C=C\CCCCCCCC(=O)O[C@H](COC(=O)CCCCCCC/C=C\C=C/CCCCCC)COP(=O)(O)OC[C@@H](O)COP(=O)(O)OC[C@@H](COC(=O)CCCCCCC/C=C\C=C/CCCCCC)OC(=O)CCCCCCCCCCCCCCC. The summed E-state index contributed by atoms with van der Waals surface area (Å²) in [6, 6.07) is 0. The Bertz CT molecular complexity index is 2140. The van der Waals surface area contributed by atoms with Crippen molar-refractivity contribution in [3.05, 3.63) is 72.9 Å². The first-order valence-corrected chi connectivity index (χ1v) is 42.2. The van der Waals surface area contributed by atoms with Gasteiger partial charge in [-0.2, -0.15) is 0 Å². The Labute approximate surface area is 596 Å². The lowest BCUT2D eigenvalue weighted by molar-refractivity contribution is -0.161. The van der Waals surface area contributed by atoms with Gasteiger partial charge in [-0.05, 0) is 109 Å². The minimum Gasteiger partial charge on any atom is -0.462 e. The molecule has 0 rings (SSSR count). The molecule has 17 nitrogen and oxygen atoms in total. The number of esters is 4. The van der Waals surface area contributed by atoms with Crippen molar-refractivity contribution in [2.75, 3.05) is 39.6 Å². The van der Waals surface area contributed by atoms with Gasteiger partial charge in [0, 0.05) is 25.7 Å². The van der Waals surface area contributed by atoms with Crippen LogP contribution in [0.4, 0.5) is 0 Å². The number of phosphoric ester groups is 2. The summed E-state index contributed by atoms with van der Waals surface area (Å²) in [5.41, 5.74) is 0. The Kier molecular flexibility index (Phi) is 69.3. The molecule has 0 aliphatic heterocycles. The second kappa shape index (κ2) is 71.9. The Morgan fingerprint density at radius 3 is 0.847 bits per heavy atom. The van der Waals surface area contributed by atoms with Gasteiger partial charge >= 0.3 is 39.5 Å². The second-order valence-electron chi connectivity index (χ2n) is 26.4. The van der Waals surface area contributed by atoms with E-state index < -0.39 is 97.5 Å². The van der Waals surface area contributed by atoms with Gasteiger partial charge < -0.3 is 33.8 Å². The number of aliphatic hydroxyl groups excluding tert-OH is 1. The van der Waals surface area contributed by atoms with Gasteiger partial charge in [0.1, 0.15) is 19.3 Å². The molecule has 0 heterocycles. The molecule has 0 spiro atoms. The maximum Gasteiger partial charge on any atom is 0.472 e. The number of hydrogen-bond donors (Lipinski definition) is 3. The van der Waals surface area contributed by atoms with E-state index in [-0.39, 0.29) is 25.7 Å². The molecule has 19 heteroatoms. The lowest BCUT2D eigenvalue weighted by Gasteiger charge is -2.21. The molecule has 0 aromatic heterocycles. The van der Waals surface area contributed by atoms with Crippen molar-refractivity contribution in [3.63, 3.8) is 0 Å². The first-order chi connectivity index (χ1) is 47.7. The van der Waals surface area contributed by atoms with E-state index >= 15 is 0 Å². The molecule has 0 saturated carbocycles. The number of hydrogen-bond acceptors (Lipinski definition) is 15. The number of ether oxygens (including phenoxy) is 4. The van der Waals surface area contributed by atoms with Gasteiger partial charge in [0.25, 0.3) is 0 Å². The molecule has 3 N–H and O–H groups in total. The highest BCUT2D eigenvalue weighted by Gasteiger charge is 2.30. The highest BCUT2D eigenvalue weighted by Crippen LogP contribution is 2.45. The number of unbranched alkanes of at least 4 members (excludes halogenated alkanes) is 38. The third-order valence-corrected chi connectivity index (χ3v) is 18.6. The van der Waals surface area contributed by atoms with Crippen LogP contribution in [0.2, 0.25) is 0 Å². The van der Waals surface area contributed by atoms with Crippen molar-refractivity contribution in [2.45, 2.75) is 367 Å². The van der Waals surface area contributed by atoms with E-state index in [4.69, 9.17) is 37.0 Å². The Hall–Kier alpha value is -3.50. The number of allylic oxidation sites excluding steroid dienone is 12. The van der Waals surface area contributed by atoms with Gasteiger partial charge in [-0.25, -0.2) is 9.13 Å². The van der Waals surface area contributed by atoms with Gasteiger partial charge in [-0.1, -0.05) is 287 Å². The van der Waals surface area contributed by atoms with Crippen LogP contribution in [0.3, 0.4) is 0 Å². The second-order valence-corrected chi connectivity index (χ2v) is 29.3. The van der Waals surface area contributed by atoms with Gasteiger partial charge in [-0.15, -0.1) is 0 Å². The van der Waals surface area contributed by atoms with Crippen LogP contribution >= 0.6 is 15.6 Å². The monoisotopic (exact) mass is 1420 g/mol. The van der Waals surface area contributed by atoms with Crippen LogP contribution in [0.1, 0.15) is 349 Å². The molecular weight excluding hydrogens is 1280 g/mol. The fraction of sp³-hybridized carbons (Fsp3) is 0.797. The van der Waals surface area contributed by atoms with Gasteiger partial charge in [0.15, 0.2) is 12.2 Å². The molecule has 0 fully saturated rings. The lowest BCUT2D eigenvalue weighted by Crippen LogP contribution is -2.30. The van der Waals surface area contributed by atoms with E-state index in [1.807, 2.05) is 0 Å². The fourth-order valence-electron chi connectivity index (χ4n) is 10.6. The highest BCUT2D eigenvalue weighted by atomic mass is 31.2. The fourth-order valence-corrected chi connectivity index (χ4v) is 12.2. The molecular formula is C79H142O17P2. The van der Waals surface area contributed by atoms with Crippen molar-refractivity contribution < 1.29 is 80.2 Å². The smallest absolute Gasteiger partial charge is 0.462 e. The van der Waals surface area contributed by atoms with E-state index in [2.05, 4.69) is 101 Å². The van der Waals surface area contributed by atoms with E-state index in [0.717, 1.165) is 148 Å². The number of rotatable bonds is 74. The normalized spacial score (nSPS) is 14.3. The topological polar surface area (TPSA) is 237 Å². The molecule has 0 aliphatic rings. The van der Waals surface area contributed by atoms with Crippen molar-refractivity contribution in [2.24, 2.45) is 0 Å². The third kappa shape index (κ3) is 70.9. The van der Waals surface area contributed by atoms with Crippen LogP contribution in [0, 0.1) is 0 Å². The summed E-state index contributed by atoms with van der Waals surface area (Å²) in [5, 5.41) is 10.6. The standard InChI is InChI=1S/C79H142O17P2/c1-5-9-13-17-21-25-29-33-36-40-43-47-51-55-59-63-76(81)89-69-74(95-78(83)65-61-57-53-49-45-39-32-28-24-20-16-12-8-4)71-93-97(85,86)91-67-73(80)68-92-98(87,88)94-72-75(96-79(84)66-62-58-54-50-46-42-38-35-31-27-23-19-15-11-7-3)70-90-77(82)64-60-56-52-48-44-41-37-34-30-26-22-18-14-10-6-2/h23,25-27,29-30,33-38,73-75,80H,5-22,24,28,31-32,39-72H2,1-4H3,(H,85,86)(H,87,88)/b27-23-,29-25-,30-26-,36-33-,37-34-,38-35-/t73-,74+,75+/m0/s1. The lowest BCUT2D eigenvalue weighted by atomic mass is 10.0. The maximum atomic E-state index is 13.1. The zero-order valence-electron chi connectivity index (χ0n) is 62.2. The van der Waals surface area contributed by atoms with E-state index in [1.165, 1.54) is 122 Å². The summed E-state index contributed by atoms with van der Waals surface area (Å²) >= 11 is 0. The summed E-state index contributed by atoms with van der Waals surface area (Å²) in [6.07, 6.45) is 71.6. The Balaban J connectivity index is 5.36. The molecule has 0 bridgehead atoms. The van der Waals surface area contributed by atoms with Crippen LogP contribution in [-0.2, 0) is 65.4 Å². The average Bonchev–Trinajstić information content (AvgIpc) is 0.984. The summed E-state index contributed by atoms with van der Waals surface area (Å²) < 4.78 is 68.5. The summed E-state index contributed by atoms with van der Waals surface area (Å²) in [7, 11) is -9.95. The van der Waals surface area contributed by atoms with Crippen LogP contribution in [0.5, 0.6) is 0 Å². The van der Waals surface area contributed by atoms with Crippen molar-refractivity contribution >= 4 is 39.5 Å². The first-order valence-electron chi connectivity index (χ1n) is 39.2. The van der Waals surface area contributed by atoms with E-state index in [1.54, 1.807) is 0 Å².